The minimum Gasteiger partial charge on any atom is -0.483 e. The lowest BCUT2D eigenvalue weighted by Crippen LogP contribution is -2.24. The Morgan fingerprint density at radius 3 is 2.24 bits per heavy atom. The summed E-state index contributed by atoms with van der Waals surface area (Å²) in [5.41, 5.74) is 5.71. The van der Waals surface area contributed by atoms with Crippen molar-refractivity contribution in [1.82, 2.24) is 5.43 Å². The average molecular weight is 382 g/mol. The molecule has 0 aliphatic rings. The van der Waals surface area contributed by atoms with Gasteiger partial charge in [-0.2, -0.15) is 5.10 Å². The molecule has 1 amide bonds. The van der Waals surface area contributed by atoms with Crippen LogP contribution in [0.4, 0.5) is 0 Å². The van der Waals surface area contributed by atoms with E-state index >= 15 is 0 Å². The normalized spacial score (nSPS) is 11.2. The van der Waals surface area contributed by atoms with Crippen molar-refractivity contribution in [2.75, 3.05) is 6.61 Å². The molecule has 0 heterocycles. The van der Waals surface area contributed by atoms with Crippen molar-refractivity contribution in [3.63, 3.8) is 0 Å². The highest BCUT2D eigenvalue weighted by atomic mass is 16.5. The van der Waals surface area contributed by atoms with Crippen molar-refractivity contribution < 1.29 is 9.53 Å². The summed E-state index contributed by atoms with van der Waals surface area (Å²) in [6.45, 7) is 3.90. The van der Waals surface area contributed by atoms with E-state index < -0.39 is 0 Å². The number of aryl methyl sites for hydroxylation is 2. The third-order valence-corrected chi connectivity index (χ3v) is 4.89. The second-order valence-corrected chi connectivity index (χ2v) is 7.08. The van der Waals surface area contributed by atoms with Crippen molar-refractivity contribution in [2.45, 2.75) is 13.8 Å². The maximum Gasteiger partial charge on any atom is 0.277 e. The van der Waals surface area contributed by atoms with Crippen LogP contribution in [0.25, 0.3) is 21.5 Å². The summed E-state index contributed by atoms with van der Waals surface area (Å²) < 4.78 is 5.61. The van der Waals surface area contributed by atoms with E-state index in [9.17, 15) is 4.79 Å². The molecule has 0 spiro atoms. The molecule has 0 aromatic heterocycles. The quantitative estimate of drug-likeness (QED) is 0.295. The van der Waals surface area contributed by atoms with Gasteiger partial charge in [-0.3, -0.25) is 4.79 Å². The van der Waals surface area contributed by atoms with E-state index in [-0.39, 0.29) is 12.5 Å². The molecule has 0 aliphatic heterocycles. The molecular formula is C25H22N2O2. The smallest absolute Gasteiger partial charge is 0.277 e. The van der Waals surface area contributed by atoms with Crippen molar-refractivity contribution in [2.24, 2.45) is 5.10 Å². The second-order valence-electron chi connectivity index (χ2n) is 7.08. The number of nitrogens with zero attached hydrogens (tertiary/aromatic N) is 1. The van der Waals surface area contributed by atoms with E-state index in [4.69, 9.17) is 4.74 Å². The predicted octanol–water partition coefficient (Wildman–Crippen LogP) is 5.14. The lowest BCUT2D eigenvalue weighted by Gasteiger charge is -2.09. The highest BCUT2D eigenvalue weighted by molar-refractivity contribution is 6.13. The van der Waals surface area contributed by atoms with Crippen LogP contribution < -0.4 is 10.2 Å². The molecule has 4 nitrogen and oxygen atoms in total. The highest BCUT2D eigenvalue weighted by Gasteiger charge is 2.07. The van der Waals surface area contributed by atoms with Gasteiger partial charge in [0.15, 0.2) is 6.61 Å². The molecule has 4 aromatic rings. The average Bonchev–Trinajstić information content (AvgIpc) is 2.72. The zero-order chi connectivity index (χ0) is 20.2. The number of rotatable bonds is 5. The number of nitrogens with one attached hydrogen (secondary N) is 1. The van der Waals surface area contributed by atoms with Crippen molar-refractivity contribution in [3.8, 4) is 5.75 Å². The number of ether oxygens (including phenoxy) is 1. The molecule has 0 bridgehead atoms. The number of carbonyl (C=O) groups excluding carboxylic acids is 1. The van der Waals surface area contributed by atoms with Gasteiger partial charge in [-0.25, -0.2) is 5.43 Å². The van der Waals surface area contributed by atoms with Crippen LogP contribution >= 0.6 is 0 Å². The number of hydrogen-bond donors (Lipinski definition) is 1. The second kappa shape index (κ2) is 8.15. The van der Waals surface area contributed by atoms with E-state index in [2.05, 4.69) is 40.9 Å². The number of hydrogen-bond acceptors (Lipinski definition) is 3. The van der Waals surface area contributed by atoms with Crippen molar-refractivity contribution >= 4 is 33.7 Å². The van der Waals surface area contributed by atoms with Crippen LogP contribution in [-0.4, -0.2) is 18.7 Å². The van der Waals surface area contributed by atoms with Crippen LogP contribution in [0.1, 0.15) is 16.7 Å². The fourth-order valence-electron chi connectivity index (χ4n) is 3.49. The van der Waals surface area contributed by atoms with Gasteiger partial charge in [-0.15, -0.1) is 0 Å². The molecule has 0 saturated heterocycles. The monoisotopic (exact) mass is 382 g/mol. The molecule has 0 unspecified atom stereocenters. The predicted molar refractivity (Wildman–Crippen MR) is 119 cm³/mol. The highest BCUT2D eigenvalue weighted by Crippen LogP contribution is 2.27. The van der Waals surface area contributed by atoms with E-state index in [0.717, 1.165) is 38.2 Å². The van der Waals surface area contributed by atoms with Crippen LogP contribution in [0.3, 0.4) is 0 Å². The maximum absolute atomic E-state index is 12.2. The van der Waals surface area contributed by atoms with E-state index in [0.29, 0.717) is 5.75 Å². The Morgan fingerprint density at radius 1 is 0.931 bits per heavy atom. The fourth-order valence-corrected chi connectivity index (χ4v) is 3.49. The Balaban J connectivity index is 1.51. The lowest BCUT2D eigenvalue weighted by atomic mass is 9.97. The van der Waals surface area contributed by atoms with E-state index in [1.54, 1.807) is 6.21 Å². The third-order valence-electron chi connectivity index (χ3n) is 4.89. The molecular weight excluding hydrogens is 360 g/mol. The first-order chi connectivity index (χ1) is 14.1. The molecule has 0 fully saturated rings. The van der Waals surface area contributed by atoms with Gasteiger partial charge in [0.25, 0.3) is 5.91 Å². The molecule has 4 rings (SSSR count). The van der Waals surface area contributed by atoms with Gasteiger partial charge in [0.1, 0.15) is 5.75 Å². The minimum atomic E-state index is -0.300. The molecule has 29 heavy (non-hydrogen) atoms. The topological polar surface area (TPSA) is 50.7 Å². The Kier molecular flexibility index (Phi) is 5.25. The lowest BCUT2D eigenvalue weighted by molar-refractivity contribution is -0.123. The van der Waals surface area contributed by atoms with Crippen LogP contribution in [0.15, 0.2) is 77.9 Å². The third kappa shape index (κ3) is 4.11. The fraction of sp³-hybridized carbons (Fsp3) is 0.120. The Labute approximate surface area is 169 Å². The summed E-state index contributed by atoms with van der Waals surface area (Å²) in [7, 11) is 0. The van der Waals surface area contributed by atoms with Gasteiger partial charge in [0.2, 0.25) is 0 Å². The number of amides is 1. The number of benzene rings is 4. The molecule has 144 valence electrons. The Morgan fingerprint density at radius 2 is 1.59 bits per heavy atom. The van der Waals surface area contributed by atoms with E-state index in [1.165, 1.54) is 0 Å². The molecule has 0 saturated carbocycles. The van der Waals surface area contributed by atoms with Gasteiger partial charge < -0.3 is 4.74 Å². The van der Waals surface area contributed by atoms with Crippen LogP contribution in [0.2, 0.25) is 0 Å². The van der Waals surface area contributed by atoms with Crippen molar-refractivity contribution in [3.05, 3.63) is 89.5 Å². The van der Waals surface area contributed by atoms with E-state index in [1.807, 2.05) is 56.3 Å². The zero-order valence-corrected chi connectivity index (χ0v) is 16.5. The van der Waals surface area contributed by atoms with Gasteiger partial charge in [0, 0.05) is 5.56 Å². The van der Waals surface area contributed by atoms with Crippen molar-refractivity contribution in [1.29, 1.82) is 0 Å². The zero-order valence-electron chi connectivity index (χ0n) is 16.5. The summed E-state index contributed by atoms with van der Waals surface area (Å²) in [6, 6.07) is 24.4. The largest absolute Gasteiger partial charge is 0.483 e. The van der Waals surface area contributed by atoms with Gasteiger partial charge in [-0.1, -0.05) is 66.2 Å². The Bertz CT molecular complexity index is 1170. The summed E-state index contributed by atoms with van der Waals surface area (Å²) in [5.74, 6) is 0.403. The molecule has 1 N–H and O–H groups in total. The molecule has 0 radical (unpaired) electrons. The number of carbonyl (C=O) groups is 1. The first-order valence-corrected chi connectivity index (χ1v) is 9.54. The number of hydrazone groups is 1. The standard InChI is InChI=1S/C25H22N2O2/c1-17-11-12-24(18(2)13-17)29-16-25(28)27-26-15-23-21-9-5-3-7-19(21)14-20-8-4-6-10-22(20)23/h3-15H,16H2,1-2H3,(H,27,28)/b26-15+. The molecule has 4 heteroatoms. The van der Waals surface area contributed by atoms with Crippen LogP contribution in [0, 0.1) is 13.8 Å². The SMILES string of the molecule is Cc1ccc(OCC(=O)N/N=C/c2c3ccccc3cc3ccccc23)c(C)c1. The van der Waals surface area contributed by atoms with Crippen LogP contribution in [0.5, 0.6) is 5.75 Å². The molecule has 4 aromatic carbocycles. The summed E-state index contributed by atoms with van der Waals surface area (Å²) in [4.78, 5) is 12.2. The molecule has 0 atom stereocenters. The summed E-state index contributed by atoms with van der Waals surface area (Å²) in [6.07, 6.45) is 1.71. The first kappa shape index (κ1) is 18.7. The Hall–Kier alpha value is -3.66. The van der Waals surface area contributed by atoms with Gasteiger partial charge in [0.05, 0.1) is 6.21 Å². The first-order valence-electron chi connectivity index (χ1n) is 9.54. The summed E-state index contributed by atoms with van der Waals surface area (Å²) in [5, 5.41) is 8.65. The maximum atomic E-state index is 12.2. The summed E-state index contributed by atoms with van der Waals surface area (Å²) >= 11 is 0. The van der Waals surface area contributed by atoms with Crippen LogP contribution in [-0.2, 0) is 4.79 Å². The van der Waals surface area contributed by atoms with Gasteiger partial charge in [-0.05, 0) is 53.1 Å². The van der Waals surface area contributed by atoms with Gasteiger partial charge >= 0.3 is 0 Å². The molecule has 0 aliphatic carbocycles. The number of fused-ring (bicyclic) bond motifs is 2. The minimum absolute atomic E-state index is 0.0858.